The van der Waals surface area contributed by atoms with Gasteiger partial charge >= 0.3 is 0 Å². The maximum atomic E-state index is 13.0. The Bertz CT molecular complexity index is 582. The normalized spacial score (nSPS) is 25.2. The Kier molecular flexibility index (Phi) is 4.85. The lowest BCUT2D eigenvalue weighted by molar-refractivity contribution is 0.0681. The van der Waals surface area contributed by atoms with E-state index >= 15 is 0 Å². The number of carbonyl (C=O) groups excluding carboxylic acids is 1. The number of carbonyl (C=O) groups is 1. The third-order valence-electron chi connectivity index (χ3n) is 5.23. The number of amides is 1. The Labute approximate surface area is 143 Å². The molecule has 2 heterocycles. The van der Waals surface area contributed by atoms with Crippen LogP contribution >= 0.6 is 0 Å². The minimum atomic E-state index is -0.0134. The van der Waals surface area contributed by atoms with Crippen LogP contribution in [-0.4, -0.2) is 57.3 Å². The SMILES string of the molecule is COc1cc(C(=O)N(C)C2CC3CCC(C2)N3)cc(OC)c1OC. The molecule has 0 spiro atoms. The first kappa shape index (κ1) is 16.9. The summed E-state index contributed by atoms with van der Waals surface area (Å²) in [5.74, 6) is 1.48. The van der Waals surface area contributed by atoms with E-state index in [0.717, 1.165) is 12.8 Å². The highest BCUT2D eigenvalue weighted by Crippen LogP contribution is 2.39. The lowest BCUT2D eigenvalue weighted by Crippen LogP contribution is -2.48. The monoisotopic (exact) mass is 334 g/mol. The summed E-state index contributed by atoms with van der Waals surface area (Å²) >= 11 is 0. The molecule has 2 aliphatic heterocycles. The van der Waals surface area contributed by atoms with Gasteiger partial charge in [-0.25, -0.2) is 0 Å². The number of nitrogens with zero attached hydrogens (tertiary/aromatic N) is 1. The van der Waals surface area contributed by atoms with Crippen molar-refractivity contribution >= 4 is 5.91 Å². The molecular formula is C18H26N2O4. The van der Waals surface area contributed by atoms with E-state index in [1.54, 1.807) is 33.5 Å². The van der Waals surface area contributed by atoms with Crippen molar-refractivity contribution in [3.63, 3.8) is 0 Å². The van der Waals surface area contributed by atoms with Gasteiger partial charge in [-0.05, 0) is 37.8 Å². The molecule has 2 bridgehead atoms. The van der Waals surface area contributed by atoms with Gasteiger partial charge in [0.2, 0.25) is 5.75 Å². The number of methoxy groups -OCH3 is 3. The molecule has 2 unspecified atom stereocenters. The minimum absolute atomic E-state index is 0.0134. The maximum Gasteiger partial charge on any atom is 0.254 e. The van der Waals surface area contributed by atoms with Gasteiger partial charge in [0.05, 0.1) is 21.3 Å². The molecule has 0 aromatic heterocycles. The van der Waals surface area contributed by atoms with Crippen LogP contribution in [0, 0.1) is 0 Å². The first-order valence-corrected chi connectivity index (χ1v) is 8.40. The summed E-state index contributed by atoms with van der Waals surface area (Å²) in [6.07, 6.45) is 4.47. The van der Waals surface area contributed by atoms with Crippen molar-refractivity contribution in [2.45, 2.75) is 43.8 Å². The first-order chi connectivity index (χ1) is 11.6. The zero-order chi connectivity index (χ0) is 17.3. The van der Waals surface area contributed by atoms with Gasteiger partial charge in [0.15, 0.2) is 11.5 Å². The predicted octanol–water partition coefficient (Wildman–Crippen LogP) is 2.07. The van der Waals surface area contributed by atoms with Crippen LogP contribution in [0.3, 0.4) is 0 Å². The lowest BCUT2D eigenvalue weighted by atomic mass is 9.98. The molecule has 132 valence electrons. The molecule has 2 atom stereocenters. The first-order valence-electron chi connectivity index (χ1n) is 8.40. The summed E-state index contributed by atoms with van der Waals surface area (Å²) in [6.45, 7) is 0. The molecule has 2 saturated heterocycles. The average molecular weight is 334 g/mol. The van der Waals surface area contributed by atoms with Crippen LogP contribution in [0.4, 0.5) is 0 Å². The maximum absolute atomic E-state index is 13.0. The lowest BCUT2D eigenvalue weighted by Gasteiger charge is -2.35. The third-order valence-corrected chi connectivity index (χ3v) is 5.23. The zero-order valence-corrected chi connectivity index (χ0v) is 14.8. The fraction of sp³-hybridized carbons (Fsp3) is 0.611. The highest BCUT2D eigenvalue weighted by molar-refractivity contribution is 5.95. The number of ether oxygens (including phenoxy) is 3. The van der Waals surface area contributed by atoms with Crippen LogP contribution in [-0.2, 0) is 0 Å². The van der Waals surface area contributed by atoms with Gasteiger partial charge in [0, 0.05) is 30.7 Å². The Morgan fingerprint density at radius 2 is 1.58 bits per heavy atom. The molecular weight excluding hydrogens is 308 g/mol. The van der Waals surface area contributed by atoms with E-state index in [1.165, 1.54) is 12.8 Å². The van der Waals surface area contributed by atoms with Crippen molar-refractivity contribution in [2.75, 3.05) is 28.4 Å². The molecule has 1 N–H and O–H groups in total. The van der Waals surface area contributed by atoms with Gasteiger partial charge in [-0.15, -0.1) is 0 Å². The Balaban J connectivity index is 1.83. The second kappa shape index (κ2) is 6.89. The van der Waals surface area contributed by atoms with Crippen LogP contribution in [0.5, 0.6) is 17.2 Å². The van der Waals surface area contributed by atoms with Gasteiger partial charge < -0.3 is 24.4 Å². The summed E-state index contributed by atoms with van der Waals surface area (Å²) in [5, 5.41) is 3.61. The number of hydrogen-bond donors (Lipinski definition) is 1. The molecule has 0 aliphatic carbocycles. The predicted molar refractivity (Wildman–Crippen MR) is 91.2 cm³/mol. The van der Waals surface area contributed by atoms with E-state index in [9.17, 15) is 4.79 Å². The molecule has 6 nitrogen and oxygen atoms in total. The summed E-state index contributed by atoms with van der Waals surface area (Å²) in [5.41, 5.74) is 0.554. The Morgan fingerprint density at radius 3 is 2.04 bits per heavy atom. The van der Waals surface area contributed by atoms with Gasteiger partial charge in [0.1, 0.15) is 0 Å². The second-order valence-electron chi connectivity index (χ2n) is 6.59. The summed E-state index contributed by atoms with van der Waals surface area (Å²) < 4.78 is 16.0. The van der Waals surface area contributed by atoms with Crippen LogP contribution in [0.2, 0.25) is 0 Å². The number of piperidine rings is 1. The second-order valence-corrected chi connectivity index (χ2v) is 6.59. The van der Waals surface area contributed by atoms with Gasteiger partial charge in [-0.1, -0.05) is 0 Å². The van der Waals surface area contributed by atoms with Crippen molar-refractivity contribution in [1.82, 2.24) is 10.2 Å². The largest absolute Gasteiger partial charge is 0.493 e. The smallest absolute Gasteiger partial charge is 0.254 e. The molecule has 24 heavy (non-hydrogen) atoms. The van der Waals surface area contributed by atoms with Crippen LogP contribution in [0.25, 0.3) is 0 Å². The number of nitrogens with one attached hydrogen (secondary N) is 1. The molecule has 1 amide bonds. The van der Waals surface area contributed by atoms with Crippen LogP contribution in [0.15, 0.2) is 12.1 Å². The number of benzene rings is 1. The topological polar surface area (TPSA) is 60.0 Å². The fourth-order valence-electron chi connectivity index (χ4n) is 3.92. The van der Waals surface area contributed by atoms with Gasteiger partial charge in [-0.3, -0.25) is 4.79 Å². The van der Waals surface area contributed by atoms with Crippen LogP contribution in [0.1, 0.15) is 36.0 Å². The average Bonchev–Trinajstić information content (AvgIpc) is 2.96. The Morgan fingerprint density at radius 1 is 1.04 bits per heavy atom. The quantitative estimate of drug-likeness (QED) is 0.893. The molecule has 1 aromatic carbocycles. The van der Waals surface area contributed by atoms with E-state index in [1.807, 2.05) is 11.9 Å². The highest BCUT2D eigenvalue weighted by Gasteiger charge is 2.36. The Hall–Kier alpha value is -1.95. The van der Waals surface area contributed by atoms with Crippen molar-refractivity contribution in [3.05, 3.63) is 17.7 Å². The summed E-state index contributed by atoms with van der Waals surface area (Å²) in [6, 6.07) is 4.80. The highest BCUT2D eigenvalue weighted by atomic mass is 16.5. The number of hydrogen-bond acceptors (Lipinski definition) is 5. The number of rotatable bonds is 5. The summed E-state index contributed by atoms with van der Waals surface area (Å²) in [4.78, 5) is 14.8. The molecule has 0 saturated carbocycles. The van der Waals surface area contributed by atoms with Crippen molar-refractivity contribution in [3.8, 4) is 17.2 Å². The van der Waals surface area contributed by atoms with E-state index < -0.39 is 0 Å². The van der Waals surface area contributed by atoms with E-state index in [4.69, 9.17) is 14.2 Å². The summed E-state index contributed by atoms with van der Waals surface area (Å²) in [7, 11) is 6.55. The van der Waals surface area contributed by atoms with E-state index in [-0.39, 0.29) is 11.9 Å². The molecule has 0 radical (unpaired) electrons. The van der Waals surface area contributed by atoms with Crippen molar-refractivity contribution < 1.29 is 19.0 Å². The molecule has 2 fully saturated rings. The standard InChI is InChI=1S/C18H26N2O4/c1-20(14-9-12-5-6-13(10-14)19-12)18(21)11-7-15(22-2)17(24-4)16(8-11)23-3/h7-8,12-14,19H,5-6,9-10H2,1-4H3. The zero-order valence-electron chi connectivity index (χ0n) is 14.8. The third kappa shape index (κ3) is 3.02. The van der Waals surface area contributed by atoms with E-state index in [2.05, 4.69) is 5.32 Å². The number of fused-ring (bicyclic) bond motifs is 2. The van der Waals surface area contributed by atoms with Gasteiger partial charge in [0.25, 0.3) is 5.91 Å². The molecule has 6 heteroatoms. The van der Waals surface area contributed by atoms with Crippen molar-refractivity contribution in [2.24, 2.45) is 0 Å². The van der Waals surface area contributed by atoms with Crippen LogP contribution < -0.4 is 19.5 Å². The molecule has 1 aromatic rings. The van der Waals surface area contributed by atoms with Gasteiger partial charge in [-0.2, -0.15) is 0 Å². The fourth-order valence-corrected chi connectivity index (χ4v) is 3.92. The van der Waals surface area contributed by atoms with E-state index in [0.29, 0.717) is 34.9 Å². The minimum Gasteiger partial charge on any atom is -0.493 e. The van der Waals surface area contributed by atoms with Crippen molar-refractivity contribution in [1.29, 1.82) is 0 Å². The molecule has 3 rings (SSSR count). The molecule has 2 aliphatic rings.